The van der Waals surface area contributed by atoms with Crippen LogP contribution in [0.1, 0.15) is 137 Å². The van der Waals surface area contributed by atoms with Gasteiger partial charge in [-0.05, 0) is 72.3 Å². The fourth-order valence-electron chi connectivity index (χ4n) is 7.43. The summed E-state index contributed by atoms with van der Waals surface area (Å²) in [6, 6.07) is 5.84. The van der Waals surface area contributed by atoms with Gasteiger partial charge in [0.1, 0.15) is 30.6 Å². The van der Waals surface area contributed by atoms with Crippen LogP contribution < -0.4 is 0 Å². The van der Waals surface area contributed by atoms with Crippen molar-refractivity contribution in [3.05, 3.63) is 54.1 Å². The predicted molar refractivity (Wildman–Crippen MR) is 221 cm³/mol. The first-order valence-electron chi connectivity index (χ1n) is 21.0. The van der Waals surface area contributed by atoms with E-state index < -0.39 is 77.7 Å². The summed E-state index contributed by atoms with van der Waals surface area (Å²) in [5.41, 5.74) is -3.85. The molecule has 7 unspecified atom stereocenters. The van der Waals surface area contributed by atoms with E-state index in [0.717, 1.165) is 44.1 Å². The second kappa shape index (κ2) is 24.3. The van der Waals surface area contributed by atoms with Crippen LogP contribution in [0.5, 0.6) is 0 Å². The smallest absolute Gasteiger partial charge is 0.352 e. The molecule has 13 heteroatoms. The Morgan fingerprint density at radius 3 is 1.98 bits per heavy atom. The van der Waals surface area contributed by atoms with E-state index in [0.29, 0.717) is 18.4 Å². The molecule has 1 N–H and O–H groups in total. The second-order valence-corrected chi connectivity index (χ2v) is 16.5. The van der Waals surface area contributed by atoms with E-state index in [1.54, 1.807) is 0 Å². The van der Waals surface area contributed by atoms with Crippen LogP contribution in [0.25, 0.3) is 0 Å². The molecular formula is C45H72N2O11. The fraction of sp³-hybridized carbons (Fsp3) is 0.711. The van der Waals surface area contributed by atoms with E-state index in [9.17, 15) is 14.7 Å². The van der Waals surface area contributed by atoms with Crippen molar-refractivity contribution in [3.8, 4) is 0 Å². The van der Waals surface area contributed by atoms with Gasteiger partial charge in [0.2, 0.25) is 5.60 Å². The van der Waals surface area contributed by atoms with Crippen LogP contribution in [0.4, 0.5) is 0 Å². The highest BCUT2D eigenvalue weighted by Gasteiger charge is 2.66. The first kappa shape index (κ1) is 50.3. The van der Waals surface area contributed by atoms with Crippen molar-refractivity contribution in [2.75, 3.05) is 40.1 Å². The average molecular weight is 817 g/mol. The number of unbranched alkanes of at least 4 members (excludes halogenated alkanes) is 2. The molecule has 0 saturated carbocycles. The Bertz CT molecular complexity index is 1520. The molecule has 2 rings (SSSR count). The van der Waals surface area contributed by atoms with Crippen molar-refractivity contribution in [1.29, 1.82) is 0 Å². The minimum atomic E-state index is -2.30. The molecule has 7 atom stereocenters. The lowest BCUT2D eigenvalue weighted by Gasteiger charge is -2.49. The van der Waals surface area contributed by atoms with Crippen molar-refractivity contribution in [2.45, 2.75) is 144 Å². The summed E-state index contributed by atoms with van der Waals surface area (Å²) in [6.45, 7) is 17.3. The number of rotatable bonds is 27. The van der Waals surface area contributed by atoms with Gasteiger partial charge in [0.05, 0.1) is 43.8 Å². The zero-order valence-corrected chi connectivity index (χ0v) is 37.0. The molecule has 0 saturated heterocycles. The van der Waals surface area contributed by atoms with Crippen LogP contribution in [0, 0.1) is 30.1 Å². The van der Waals surface area contributed by atoms with Crippen LogP contribution in [0.15, 0.2) is 43.0 Å². The molecule has 1 aromatic carbocycles. The van der Waals surface area contributed by atoms with Crippen molar-refractivity contribution < 1.29 is 52.7 Å². The summed E-state index contributed by atoms with van der Waals surface area (Å²) in [4.78, 5) is 63.8. The molecule has 0 radical (unpaired) electrons. The number of carbonyl (C=O) groups is 4. The second-order valence-electron chi connectivity index (χ2n) is 16.5. The van der Waals surface area contributed by atoms with Gasteiger partial charge >= 0.3 is 23.9 Å². The molecule has 0 aliphatic carbocycles. The number of aliphatic hydroxyl groups excluding tert-OH is 1. The Kier molecular flexibility index (Phi) is 21.1. The normalized spacial score (nSPS) is 16.5. The van der Waals surface area contributed by atoms with E-state index in [-0.39, 0.29) is 25.7 Å². The van der Waals surface area contributed by atoms with Crippen LogP contribution in [-0.2, 0) is 47.6 Å². The molecule has 58 heavy (non-hydrogen) atoms. The molecule has 0 fully saturated rings. The number of ether oxygens (including phenoxy) is 6. The van der Waals surface area contributed by atoms with Crippen molar-refractivity contribution >= 4 is 23.9 Å². The SMILES string of the molecule is CCCCC(CC)COC(=O)C(C(OC(C)(C)C)c1ccc(C)cc1)C(C)(C(=O)OCCO)C(n1ccnc1)C(C)(OC(=O)C(CC)CCCC)C(=O)OCCOC. The number of hydrogen-bond acceptors (Lipinski definition) is 12. The number of methoxy groups -OCH3 is 1. The van der Waals surface area contributed by atoms with Crippen LogP contribution >= 0.6 is 0 Å². The highest BCUT2D eigenvalue weighted by molar-refractivity contribution is 5.90. The van der Waals surface area contributed by atoms with E-state index in [2.05, 4.69) is 11.9 Å². The Morgan fingerprint density at radius 2 is 1.45 bits per heavy atom. The van der Waals surface area contributed by atoms with E-state index >= 15 is 9.59 Å². The highest BCUT2D eigenvalue weighted by Crippen LogP contribution is 2.54. The molecule has 0 aliphatic heterocycles. The maximum Gasteiger partial charge on any atom is 0.352 e. The number of benzene rings is 1. The topological polar surface area (TPSA) is 162 Å². The lowest BCUT2D eigenvalue weighted by Crippen LogP contribution is -2.61. The van der Waals surface area contributed by atoms with Gasteiger partial charge in [-0.2, -0.15) is 0 Å². The number of carbonyl (C=O) groups excluding carboxylic acids is 4. The quantitative estimate of drug-likeness (QED) is 0.0528. The fourth-order valence-corrected chi connectivity index (χ4v) is 7.43. The van der Waals surface area contributed by atoms with Gasteiger partial charge in [-0.1, -0.05) is 89.6 Å². The molecule has 2 aromatic rings. The molecule has 0 aliphatic rings. The van der Waals surface area contributed by atoms with Gasteiger partial charge in [-0.15, -0.1) is 0 Å². The lowest BCUT2D eigenvalue weighted by molar-refractivity contribution is -0.213. The lowest BCUT2D eigenvalue weighted by atomic mass is 9.63. The largest absolute Gasteiger partial charge is 0.465 e. The minimum Gasteiger partial charge on any atom is -0.465 e. The number of esters is 4. The maximum atomic E-state index is 15.3. The van der Waals surface area contributed by atoms with Gasteiger partial charge in [0, 0.05) is 19.5 Å². The van der Waals surface area contributed by atoms with Crippen LogP contribution in [0.3, 0.4) is 0 Å². The number of aromatic nitrogens is 2. The Hall–Kier alpha value is -3.81. The molecule has 1 heterocycles. The zero-order chi connectivity index (χ0) is 43.5. The molecule has 13 nitrogen and oxygen atoms in total. The molecular weight excluding hydrogens is 744 g/mol. The Labute approximate surface area is 346 Å². The van der Waals surface area contributed by atoms with Gasteiger partial charge in [0.25, 0.3) is 0 Å². The molecule has 0 spiro atoms. The van der Waals surface area contributed by atoms with Crippen LogP contribution in [-0.4, -0.2) is 89.9 Å². The zero-order valence-electron chi connectivity index (χ0n) is 37.0. The van der Waals surface area contributed by atoms with Gasteiger partial charge < -0.3 is 38.1 Å². The number of hydrogen-bond donors (Lipinski definition) is 1. The number of aryl methyl sites for hydroxylation is 1. The van der Waals surface area contributed by atoms with Gasteiger partial charge in [0.15, 0.2) is 0 Å². The molecule has 0 bridgehead atoms. The van der Waals surface area contributed by atoms with Crippen molar-refractivity contribution in [2.24, 2.45) is 23.2 Å². The van der Waals surface area contributed by atoms with Crippen molar-refractivity contribution in [3.63, 3.8) is 0 Å². The molecule has 328 valence electrons. The minimum absolute atomic E-state index is 0.0376. The van der Waals surface area contributed by atoms with Gasteiger partial charge in [-0.3, -0.25) is 14.4 Å². The Balaban J connectivity index is 3.18. The third-order valence-electron chi connectivity index (χ3n) is 10.7. The average Bonchev–Trinajstić information content (AvgIpc) is 3.71. The first-order chi connectivity index (χ1) is 27.5. The highest BCUT2D eigenvalue weighted by atomic mass is 16.6. The Morgan fingerprint density at radius 1 is 0.810 bits per heavy atom. The first-order valence-corrected chi connectivity index (χ1v) is 21.0. The summed E-state index contributed by atoms with van der Waals surface area (Å²) in [5.74, 6) is -5.50. The summed E-state index contributed by atoms with van der Waals surface area (Å²) >= 11 is 0. The van der Waals surface area contributed by atoms with E-state index in [1.807, 2.05) is 72.7 Å². The van der Waals surface area contributed by atoms with Gasteiger partial charge in [-0.25, -0.2) is 9.78 Å². The molecule has 0 amide bonds. The van der Waals surface area contributed by atoms with Crippen molar-refractivity contribution in [1.82, 2.24) is 9.55 Å². The standard InChI is InChI=1S/C45H72N2O11/c1-12-16-18-33(14-3)30-56-39(50)36(37(57-43(6,7)8)35-22-20-32(5)21-23-35)44(9,41(51)54-27-26-48)40(47-25-24-46-31-47)45(10,42(52)55-29-28-53-11)58-38(49)34(15-4)19-17-13-2/h20-25,31,33-34,36-37,40,48H,12-19,26-30H2,1-11H3. The summed E-state index contributed by atoms with van der Waals surface area (Å²) in [5, 5.41) is 9.94. The van der Waals surface area contributed by atoms with E-state index in [4.69, 9.17) is 28.4 Å². The summed E-state index contributed by atoms with van der Waals surface area (Å²) in [6.07, 6.45) is 9.20. The molecule has 1 aromatic heterocycles. The third kappa shape index (κ3) is 13.9. The number of aliphatic hydroxyl groups is 1. The maximum absolute atomic E-state index is 15.3. The summed E-state index contributed by atoms with van der Waals surface area (Å²) in [7, 11) is 1.46. The number of nitrogens with zero attached hydrogens (tertiary/aromatic N) is 2. The van der Waals surface area contributed by atoms with E-state index in [1.165, 1.54) is 44.2 Å². The van der Waals surface area contributed by atoms with Crippen LogP contribution in [0.2, 0.25) is 0 Å². The third-order valence-corrected chi connectivity index (χ3v) is 10.7. The predicted octanol–water partition coefficient (Wildman–Crippen LogP) is 7.91. The summed E-state index contributed by atoms with van der Waals surface area (Å²) < 4.78 is 37.7. The number of imidazole rings is 1. The monoisotopic (exact) mass is 817 g/mol.